The van der Waals surface area contributed by atoms with Crippen molar-refractivity contribution in [3.63, 3.8) is 0 Å². The van der Waals surface area contributed by atoms with E-state index in [0.717, 1.165) is 17.7 Å². The van der Waals surface area contributed by atoms with Gasteiger partial charge in [-0.2, -0.15) is 11.8 Å². The SMILES string of the molecule is Cc1cc(N)ccc1C(=O)NCC1CCSC1. The van der Waals surface area contributed by atoms with E-state index >= 15 is 0 Å². The van der Waals surface area contributed by atoms with Crippen LogP contribution in [0.5, 0.6) is 0 Å². The predicted molar refractivity (Wildman–Crippen MR) is 73.4 cm³/mol. The number of benzene rings is 1. The summed E-state index contributed by atoms with van der Waals surface area (Å²) >= 11 is 1.97. The molecule has 3 nitrogen and oxygen atoms in total. The molecule has 0 spiro atoms. The van der Waals surface area contributed by atoms with Crippen molar-refractivity contribution in [1.29, 1.82) is 0 Å². The fourth-order valence-electron chi connectivity index (χ4n) is 2.02. The molecule has 92 valence electrons. The van der Waals surface area contributed by atoms with Gasteiger partial charge in [0, 0.05) is 17.8 Å². The second kappa shape index (κ2) is 5.45. The van der Waals surface area contributed by atoms with Crippen LogP contribution in [0.1, 0.15) is 22.3 Å². The standard InChI is InChI=1S/C13H18N2OS/c1-9-6-11(14)2-3-12(9)13(16)15-7-10-4-5-17-8-10/h2-3,6,10H,4-5,7-8,14H2,1H3,(H,15,16). The Labute approximate surface area is 106 Å². The van der Waals surface area contributed by atoms with E-state index in [2.05, 4.69) is 5.32 Å². The molecular formula is C13H18N2OS. The van der Waals surface area contributed by atoms with Crippen molar-refractivity contribution in [2.75, 3.05) is 23.8 Å². The molecule has 0 aliphatic carbocycles. The van der Waals surface area contributed by atoms with E-state index in [1.807, 2.05) is 24.8 Å². The van der Waals surface area contributed by atoms with Crippen LogP contribution in [-0.4, -0.2) is 24.0 Å². The quantitative estimate of drug-likeness (QED) is 0.807. The molecule has 3 N–H and O–H groups in total. The minimum absolute atomic E-state index is 0.0133. The average Bonchev–Trinajstić information content (AvgIpc) is 2.78. The van der Waals surface area contributed by atoms with Gasteiger partial charge in [-0.15, -0.1) is 0 Å². The Bertz CT molecular complexity index is 414. The number of aryl methyl sites for hydroxylation is 1. The molecule has 1 heterocycles. The molecule has 0 bridgehead atoms. The van der Waals surface area contributed by atoms with Gasteiger partial charge in [-0.3, -0.25) is 4.79 Å². The summed E-state index contributed by atoms with van der Waals surface area (Å²) in [5, 5.41) is 3.01. The molecule has 0 aromatic heterocycles. The lowest BCUT2D eigenvalue weighted by atomic mass is 10.1. The number of anilines is 1. The molecule has 0 saturated carbocycles. The van der Waals surface area contributed by atoms with Crippen LogP contribution in [0.15, 0.2) is 18.2 Å². The number of amides is 1. The second-order valence-corrected chi connectivity index (χ2v) is 5.66. The number of hydrogen-bond donors (Lipinski definition) is 2. The lowest BCUT2D eigenvalue weighted by Crippen LogP contribution is -2.29. The number of thioether (sulfide) groups is 1. The Hall–Kier alpha value is -1.16. The summed E-state index contributed by atoms with van der Waals surface area (Å²) in [5.74, 6) is 3.04. The molecule has 1 fully saturated rings. The summed E-state index contributed by atoms with van der Waals surface area (Å²) in [4.78, 5) is 12.0. The Morgan fingerprint density at radius 3 is 3.06 bits per heavy atom. The highest BCUT2D eigenvalue weighted by molar-refractivity contribution is 7.99. The van der Waals surface area contributed by atoms with Crippen LogP contribution >= 0.6 is 11.8 Å². The lowest BCUT2D eigenvalue weighted by Gasteiger charge is -2.11. The highest BCUT2D eigenvalue weighted by atomic mass is 32.2. The zero-order valence-corrected chi connectivity index (χ0v) is 10.8. The van der Waals surface area contributed by atoms with E-state index < -0.39 is 0 Å². The summed E-state index contributed by atoms with van der Waals surface area (Å²) in [5.41, 5.74) is 8.03. The number of rotatable bonds is 3. The normalized spacial score (nSPS) is 19.2. The van der Waals surface area contributed by atoms with E-state index in [9.17, 15) is 4.79 Å². The molecule has 1 aliphatic heterocycles. The van der Waals surface area contributed by atoms with Crippen molar-refractivity contribution in [2.45, 2.75) is 13.3 Å². The van der Waals surface area contributed by atoms with Gasteiger partial charge in [0.15, 0.2) is 0 Å². The van der Waals surface area contributed by atoms with Crippen molar-refractivity contribution < 1.29 is 4.79 Å². The Morgan fingerprint density at radius 2 is 2.41 bits per heavy atom. The lowest BCUT2D eigenvalue weighted by molar-refractivity contribution is 0.0948. The van der Waals surface area contributed by atoms with Gasteiger partial charge in [0.1, 0.15) is 0 Å². The number of carbonyl (C=O) groups is 1. The zero-order chi connectivity index (χ0) is 12.3. The molecule has 2 rings (SSSR count). The summed E-state index contributed by atoms with van der Waals surface area (Å²) < 4.78 is 0. The van der Waals surface area contributed by atoms with Gasteiger partial charge in [0.25, 0.3) is 5.91 Å². The van der Waals surface area contributed by atoms with E-state index in [1.165, 1.54) is 17.9 Å². The van der Waals surface area contributed by atoms with Gasteiger partial charge >= 0.3 is 0 Å². The minimum Gasteiger partial charge on any atom is -0.399 e. The maximum Gasteiger partial charge on any atom is 0.251 e. The first-order chi connectivity index (χ1) is 8.16. The molecular weight excluding hydrogens is 232 g/mol. The smallest absolute Gasteiger partial charge is 0.251 e. The topological polar surface area (TPSA) is 55.1 Å². The molecule has 1 atom stereocenters. The van der Waals surface area contributed by atoms with Gasteiger partial charge in [-0.05, 0) is 54.5 Å². The first-order valence-electron chi connectivity index (χ1n) is 5.89. The van der Waals surface area contributed by atoms with Crippen LogP contribution < -0.4 is 11.1 Å². The van der Waals surface area contributed by atoms with Gasteiger partial charge in [0.05, 0.1) is 0 Å². The molecule has 0 radical (unpaired) electrons. The van der Waals surface area contributed by atoms with E-state index in [-0.39, 0.29) is 5.91 Å². The van der Waals surface area contributed by atoms with Crippen LogP contribution in [0.4, 0.5) is 5.69 Å². The highest BCUT2D eigenvalue weighted by Crippen LogP contribution is 2.22. The van der Waals surface area contributed by atoms with E-state index in [4.69, 9.17) is 5.73 Å². The fraction of sp³-hybridized carbons (Fsp3) is 0.462. The fourth-order valence-corrected chi connectivity index (χ4v) is 3.30. The highest BCUT2D eigenvalue weighted by Gasteiger charge is 2.17. The van der Waals surface area contributed by atoms with Crippen molar-refractivity contribution in [2.24, 2.45) is 5.92 Å². The molecule has 1 aromatic rings. The first kappa shape index (κ1) is 12.3. The van der Waals surface area contributed by atoms with Crippen LogP contribution in [0.25, 0.3) is 0 Å². The average molecular weight is 250 g/mol. The van der Waals surface area contributed by atoms with E-state index in [0.29, 0.717) is 11.6 Å². The van der Waals surface area contributed by atoms with Crippen LogP contribution in [0, 0.1) is 12.8 Å². The van der Waals surface area contributed by atoms with Gasteiger partial charge in [0.2, 0.25) is 0 Å². The second-order valence-electron chi connectivity index (χ2n) is 4.51. The van der Waals surface area contributed by atoms with Crippen LogP contribution in [-0.2, 0) is 0 Å². The Kier molecular flexibility index (Phi) is 3.94. The molecule has 1 amide bonds. The molecule has 1 aliphatic rings. The van der Waals surface area contributed by atoms with Crippen LogP contribution in [0.3, 0.4) is 0 Å². The summed E-state index contributed by atoms with van der Waals surface area (Å²) in [6.45, 7) is 2.70. The number of nitrogen functional groups attached to an aromatic ring is 1. The molecule has 1 saturated heterocycles. The van der Waals surface area contributed by atoms with Crippen LogP contribution in [0.2, 0.25) is 0 Å². The third kappa shape index (κ3) is 3.16. The van der Waals surface area contributed by atoms with Gasteiger partial charge in [-0.25, -0.2) is 0 Å². The molecule has 1 unspecified atom stereocenters. The Balaban J connectivity index is 1.94. The number of hydrogen-bond acceptors (Lipinski definition) is 3. The largest absolute Gasteiger partial charge is 0.399 e. The zero-order valence-electron chi connectivity index (χ0n) is 10.0. The maximum absolute atomic E-state index is 12.0. The maximum atomic E-state index is 12.0. The summed E-state index contributed by atoms with van der Waals surface area (Å²) in [6, 6.07) is 5.40. The number of nitrogens with one attached hydrogen (secondary N) is 1. The molecule has 1 aromatic carbocycles. The van der Waals surface area contributed by atoms with Crippen molar-refractivity contribution in [3.05, 3.63) is 29.3 Å². The third-order valence-corrected chi connectivity index (χ3v) is 4.30. The van der Waals surface area contributed by atoms with Crippen molar-refractivity contribution in [3.8, 4) is 0 Å². The third-order valence-electron chi connectivity index (χ3n) is 3.07. The van der Waals surface area contributed by atoms with Crippen molar-refractivity contribution in [1.82, 2.24) is 5.32 Å². The number of carbonyl (C=O) groups excluding carboxylic acids is 1. The first-order valence-corrected chi connectivity index (χ1v) is 7.04. The van der Waals surface area contributed by atoms with E-state index in [1.54, 1.807) is 12.1 Å². The monoisotopic (exact) mass is 250 g/mol. The van der Waals surface area contributed by atoms with Gasteiger partial charge < -0.3 is 11.1 Å². The summed E-state index contributed by atoms with van der Waals surface area (Å²) in [6.07, 6.45) is 1.21. The minimum atomic E-state index is 0.0133. The van der Waals surface area contributed by atoms with Crippen molar-refractivity contribution >= 4 is 23.4 Å². The Morgan fingerprint density at radius 1 is 1.59 bits per heavy atom. The predicted octanol–water partition coefficient (Wildman–Crippen LogP) is 2.06. The molecule has 17 heavy (non-hydrogen) atoms. The number of nitrogens with two attached hydrogens (primary N) is 1. The van der Waals surface area contributed by atoms with Gasteiger partial charge in [-0.1, -0.05) is 0 Å². The molecule has 4 heteroatoms. The summed E-state index contributed by atoms with van der Waals surface area (Å²) in [7, 11) is 0.